The predicted octanol–water partition coefficient (Wildman–Crippen LogP) is 2.69. The topological polar surface area (TPSA) is 0 Å². The molecule has 0 nitrogen and oxygen atoms in total. The van der Waals surface area contributed by atoms with Gasteiger partial charge in [0, 0.05) is 5.92 Å². The third-order valence-corrected chi connectivity index (χ3v) is 2.53. The summed E-state index contributed by atoms with van der Waals surface area (Å²) in [5.41, 5.74) is 1.55. The van der Waals surface area contributed by atoms with Crippen LogP contribution in [-0.2, 0) is 0 Å². The molecule has 0 saturated heterocycles. The van der Waals surface area contributed by atoms with Crippen LogP contribution in [0.15, 0.2) is 36.5 Å². The van der Waals surface area contributed by atoms with Gasteiger partial charge in [0.05, 0.1) is 0 Å². The monoisotopic (exact) mass is 132 g/mol. The van der Waals surface area contributed by atoms with Gasteiger partial charge in [-0.05, 0) is 24.3 Å². The van der Waals surface area contributed by atoms with Crippen molar-refractivity contribution >= 4 is 0 Å². The quantitative estimate of drug-likeness (QED) is 0.481. The molecule has 2 unspecified atom stereocenters. The first-order valence-electron chi connectivity index (χ1n) is 3.92. The van der Waals surface area contributed by atoms with Crippen molar-refractivity contribution in [3.63, 3.8) is 0 Å². The van der Waals surface area contributed by atoms with E-state index in [0.717, 1.165) is 5.92 Å². The van der Waals surface area contributed by atoms with Gasteiger partial charge in [-0.15, -0.1) is 6.58 Å². The summed E-state index contributed by atoms with van der Waals surface area (Å²) in [6.45, 7) is 3.82. The highest BCUT2D eigenvalue weighted by atomic mass is 14.3. The van der Waals surface area contributed by atoms with E-state index in [1.165, 1.54) is 12.8 Å². The van der Waals surface area contributed by atoms with E-state index in [0.29, 0.717) is 5.92 Å². The van der Waals surface area contributed by atoms with Crippen LogP contribution in [0, 0.1) is 11.8 Å². The molecule has 0 radical (unpaired) electrons. The van der Waals surface area contributed by atoms with E-state index in [1.807, 2.05) is 0 Å². The van der Waals surface area contributed by atoms with E-state index in [-0.39, 0.29) is 0 Å². The minimum absolute atomic E-state index is 0.633. The molecule has 0 spiro atoms. The van der Waals surface area contributed by atoms with Crippen LogP contribution in [0.3, 0.4) is 0 Å². The lowest BCUT2D eigenvalue weighted by Crippen LogP contribution is -2.02. The number of hydrogen-bond donors (Lipinski definition) is 0. The van der Waals surface area contributed by atoms with Gasteiger partial charge < -0.3 is 0 Å². The zero-order valence-electron chi connectivity index (χ0n) is 6.09. The highest BCUT2D eigenvalue weighted by molar-refractivity contribution is 5.35. The van der Waals surface area contributed by atoms with E-state index in [4.69, 9.17) is 0 Å². The molecule has 0 aromatic rings. The Balaban J connectivity index is 2.26. The summed E-state index contributed by atoms with van der Waals surface area (Å²) in [4.78, 5) is 0. The molecule has 10 heavy (non-hydrogen) atoms. The van der Waals surface area contributed by atoms with Crippen LogP contribution in [0.1, 0.15) is 12.8 Å². The first-order chi connectivity index (χ1) is 4.92. The van der Waals surface area contributed by atoms with Crippen LogP contribution in [0.25, 0.3) is 0 Å². The molecule has 0 N–H and O–H groups in total. The second-order valence-electron chi connectivity index (χ2n) is 3.06. The molecule has 52 valence electrons. The maximum Gasteiger partial charge on any atom is 0.00158 e. The zero-order chi connectivity index (χ0) is 6.97. The van der Waals surface area contributed by atoms with E-state index in [9.17, 15) is 0 Å². The van der Waals surface area contributed by atoms with E-state index < -0.39 is 0 Å². The predicted molar refractivity (Wildman–Crippen MR) is 43.6 cm³/mol. The third kappa shape index (κ3) is 0.683. The summed E-state index contributed by atoms with van der Waals surface area (Å²) in [6.07, 6.45) is 11.5. The molecule has 0 fully saturated rings. The largest absolute Gasteiger partial charge is 0.102 e. The molecule has 2 atom stereocenters. The van der Waals surface area contributed by atoms with Gasteiger partial charge in [0.2, 0.25) is 0 Å². The molecule has 0 aromatic carbocycles. The van der Waals surface area contributed by atoms with Crippen molar-refractivity contribution in [1.29, 1.82) is 0 Å². The fourth-order valence-electron chi connectivity index (χ4n) is 1.95. The molecule has 0 aliphatic heterocycles. The SMILES string of the molecule is C=CC1C=CC2=CCCC21. The van der Waals surface area contributed by atoms with Gasteiger partial charge in [-0.3, -0.25) is 0 Å². The Morgan fingerprint density at radius 3 is 3.30 bits per heavy atom. The lowest BCUT2D eigenvalue weighted by atomic mass is 9.93. The summed E-state index contributed by atoms with van der Waals surface area (Å²) >= 11 is 0. The summed E-state index contributed by atoms with van der Waals surface area (Å²) in [6, 6.07) is 0. The fourth-order valence-corrected chi connectivity index (χ4v) is 1.95. The second-order valence-corrected chi connectivity index (χ2v) is 3.06. The van der Waals surface area contributed by atoms with Gasteiger partial charge in [-0.2, -0.15) is 0 Å². The van der Waals surface area contributed by atoms with Crippen molar-refractivity contribution in [2.45, 2.75) is 12.8 Å². The average molecular weight is 132 g/mol. The third-order valence-electron chi connectivity index (χ3n) is 2.53. The molecule has 2 rings (SSSR count). The number of fused-ring (bicyclic) bond motifs is 1. The standard InChI is InChI=1S/C10H12/c1-2-8-6-7-9-4-3-5-10(8)9/h2,4,6-8,10H,1,3,5H2. The van der Waals surface area contributed by atoms with E-state index >= 15 is 0 Å². The van der Waals surface area contributed by atoms with Gasteiger partial charge in [0.25, 0.3) is 0 Å². The summed E-state index contributed by atoms with van der Waals surface area (Å²) in [5, 5.41) is 0. The van der Waals surface area contributed by atoms with Crippen LogP contribution in [0.5, 0.6) is 0 Å². The minimum Gasteiger partial charge on any atom is -0.102 e. The van der Waals surface area contributed by atoms with Gasteiger partial charge in [0.1, 0.15) is 0 Å². The van der Waals surface area contributed by atoms with Crippen molar-refractivity contribution in [3.8, 4) is 0 Å². The van der Waals surface area contributed by atoms with E-state index in [2.05, 4.69) is 30.9 Å². The Morgan fingerprint density at radius 2 is 2.50 bits per heavy atom. The maximum atomic E-state index is 3.82. The van der Waals surface area contributed by atoms with Crippen LogP contribution < -0.4 is 0 Å². The van der Waals surface area contributed by atoms with Gasteiger partial charge in [-0.1, -0.05) is 24.3 Å². The Morgan fingerprint density at radius 1 is 1.60 bits per heavy atom. The molecule has 0 bridgehead atoms. The minimum atomic E-state index is 0.633. The smallest absolute Gasteiger partial charge is 0.00158 e. The second kappa shape index (κ2) is 2.12. The van der Waals surface area contributed by atoms with Crippen molar-refractivity contribution in [2.24, 2.45) is 11.8 Å². The Bertz CT molecular complexity index is 208. The lowest BCUT2D eigenvalue weighted by molar-refractivity contribution is 0.550. The molecular formula is C10H12. The Hall–Kier alpha value is -0.780. The van der Waals surface area contributed by atoms with E-state index in [1.54, 1.807) is 5.57 Å². The number of hydrogen-bond acceptors (Lipinski definition) is 0. The zero-order valence-corrected chi connectivity index (χ0v) is 6.09. The highest BCUT2D eigenvalue weighted by Gasteiger charge is 2.26. The molecule has 0 heteroatoms. The van der Waals surface area contributed by atoms with Crippen molar-refractivity contribution < 1.29 is 0 Å². The van der Waals surface area contributed by atoms with Gasteiger partial charge >= 0.3 is 0 Å². The first kappa shape index (κ1) is 5.96. The molecule has 2 aliphatic carbocycles. The normalized spacial score (nSPS) is 35.8. The van der Waals surface area contributed by atoms with Crippen LogP contribution in [0.2, 0.25) is 0 Å². The number of rotatable bonds is 1. The Kier molecular flexibility index (Phi) is 1.26. The molecule has 0 saturated carbocycles. The van der Waals surface area contributed by atoms with Gasteiger partial charge in [-0.25, -0.2) is 0 Å². The van der Waals surface area contributed by atoms with Crippen molar-refractivity contribution in [3.05, 3.63) is 36.5 Å². The lowest BCUT2D eigenvalue weighted by Gasteiger charge is -2.10. The molecule has 0 amide bonds. The fraction of sp³-hybridized carbons (Fsp3) is 0.400. The Labute approximate surface area is 61.9 Å². The molecular weight excluding hydrogens is 120 g/mol. The summed E-state index contributed by atoms with van der Waals surface area (Å²) < 4.78 is 0. The average Bonchev–Trinajstić information content (AvgIpc) is 2.44. The van der Waals surface area contributed by atoms with Crippen LogP contribution in [0.4, 0.5) is 0 Å². The van der Waals surface area contributed by atoms with Crippen molar-refractivity contribution in [1.82, 2.24) is 0 Å². The van der Waals surface area contributed by atoms with Crippen molar-refractivity contribution in [2.75, 3.05) is 0 Å². The number of allylic oxidation sites excluding steroid dienone is 5. The molecule has 0 heterocycles. The van der Waals surface area contributed by atoms with Crippen LogP contribution in [-0.4, -0.2) is 0 Å². The molecule has 0 aromatic heterocycles. The summed E-state index contributed by atoms with van der Waals surface area (Å²) in [5.74, 6) is 1.42. The summed E-state index contributed by atoms with van der Waals surface area (Å²) in [7, 11) is 0. The first-order valence-corrected chi connectivity index (χ1v) is 3.92. The highest BCUT2D eigenvalue weighted by Crippen LogP contribution is 2.39. The molecule has 2 aliphatic rings. The van der Waals surface area contributed by atoms with Gasteiger partial charge in [0.15, 0.2) is 0 Å². The maximum absolute atomic E-state index is 3.82. The van der Waals surface area contributed by atoms with Crippen LogP contribution >= 0.6 is 0 Å².